The summed E-state index contributed by atoms with van der Waals surface area (Å²) >= 11 is 0. The Morgan fingerprint density at radius 2 is 2.27 bits per heavy atom. The molecule has 1 aliphatic rings. The predicted octanol–water partition coefficient (Wildman–Crippen LogP) is 2.91. The summed E-state index contributed by atoms with van der Waals surface area (Å²) in [5.41, 5.74) is 1.49. The molecular formula is C10H18O. The molecule has 1 nitrogen and oxygen atoms in total. The number of hydrogen-bond donors (Lipinski definition) is 0. The number of hydrogen-bond acceptors (Lipinski definition) is 1. The van der Waals surface area contributed by atoms with E-state index in [9.17, 15) is 0 Å². The van der Waals surface area contributed by atoms with Crippen molar-refractivity contribution in [3.05, 3.63) is 11.6 Å². The van der Waals surface area contributed by atoms with Gasteiger partial charge in [-0.25, -0.2) is 0 Å². The molecule has 11 heavy (non-hydrogen) atoms. The Labute approximate surface area is 69.4 Å². The third-order valence-electron chi connectivity index (χ3n) is 2.21. The highest BCUT2D eigenvalue weighted by Crippen LogP contribution is 2.21. The van der Waals surface area contributed by atoms with Gasteiger partial charge < -0.3 is 4.74 Å². The van der Waals surface area contributed by atoms with Crippen molar-refractivity contribution in [1.82, 2.24) is 0 Å². The molecule has 2 unspecified atom stereocenters. The minimum absolute atomic E-state index is 0.360. The molecule has 0 amide bonds. The summed E-state index contributed by atoms with van der Waals surface area (Å²) in [4.78, 5) is 0. The van der Waals surface area contributed by atoms with Gasteiger partial charge in [-0.15, -0.1) is 0 Å². The maximum atomic E-state index is 5.68. The molecule has 0 radical (unpaired) electrons. The first-order chi connectivity index (χ1) is 5.24. The summed E-state index contributed by atoms with van der Waals surface area (Å²) in [7, 11) is 0. The van der Waals surface area contributed by atoms with Crippen LogP contribution in [0.4, 0.5) is 0 Å². The van der Waals surface area contributed by atoms with Gasteiger partial charge in [0.15, 0.2) is 0 Å². The normalized spacial score (nSPS) is 31.7. The van der Waals surface area contributed by atoms with Crippen LogP contribution >= 0.6 is 0 Å². The van der Waals surface area contributed by atoms with Crippen molar-refractivity contribution in [2.24, 2.45) is 0 Å². The van der Waals surface area contributed by atoms with E-state index in [2.05, 4.69) is 26.8 Å². The van der Waals surface area contributed by atoms with Crippen LogP contribution in [0.1, 0.15) is 40.0 Å². The van der Waals surface area contributed by atoms with E-state index in [1.807, 2.05) is 0 Å². The van der Waals surface area contributed by atoms with Crippen molar-refractivity contribution in [3.63, 3.8) is 0 Å². The van der Waals surface area contributed by atoms with E-state index >= 15 is 0 Å². The van der Waals surface area contributed by atoms with Crippen LogP contribution in [0, 0.1) is 0 Å². The van der Waals surface area contributed by atoms with Gasteiger partial charge in [-0.1, -0.05) is 19.4 Å². The Balaban J connectivity index is 2.50. The highest BCUT2D eigenvalue weighted by Gasteiger charge is 2.16. The van der Waals surface area contributed by atoms with Gasteiger partial charge in [-0.3, -0.25) is 0 Å². The molecule has 1 rings (SSSR count). The zero-order valence-corrected chi connectivity index (χ0v) is 7.76. The fourth-order valence-electron chi connectivity index (χ4n) is 1.57. The van der Waals surface area contributed by atoms with Gasteiger partial charge in [0.05, 0.1) is 12.2 Å². The maximum Gasteiger partial charge on any atom is 0.0760 e. The van der Waals surface area contributed by atoms with E-state index < -0.39 is 0 Å². The van der Waals surface area contributed by atoms with Crippen LogP contribution in [0.25, 0.3) is 0 Å². The van der Waals surface area contributed by atoms with E-state index in [4.69, 9.17) is 4.74 Å². The smallest absolute Gasteiger partial charge is 0.0760 e. The molecule has 64 valence electrons. The summed E-state index contributed by atoms with van der Waals surface area (Å²) in [5, 5.41) is 0. The van der Waals surface area contributed by atoms with Crippen LogP contribution in [-0.4, -0.2) is 12.2 Å². The van der Waals surface area contributed by atoms with E-state index in [1.165, 1.54) is 18.4 Å². The van der Waals surface area contributed by atoms with Gasteiger partial charge in [-0.2, -0.15) is 0 Å². The molecule has 0 aromatic carbocycles. The molecule has 1 aliphatic heterocycles. The Bertz CT molecular complexity index is 149. The average Bonchev–Trinajstić information content (AvgIpc) is 1.95. The lowest BCUT2D eigenvalue weighted by molar-refractivity contribution is 0.0181. The molecule has 0 aromatic heterocycles. The molecule has 0 spiro atoms. The second kappa shape index (κ2) is 3.91. The minimum Gasteiger partial charge on any atom is -0.371 e. The maximum absolute atomic E-state index is 5.68. The highest BCUT2D eigenvalue weighted by molar-refractivity contribution is 5.10. The molecule has 0 saturated heterocycles. The standard InChI is InChI=1S/C10H18O/c1-4-5-10-7-6-8(2)11-9(10)3/h7-9H,4-6H2,1-3H3. The first-order valence-electron chi connectivity index (χ1n) is 4.58. The monoisotopic (exact) mass is 154 g/mol. The zero-order valence-electron chi connectivity index (χ0n) is 7.76. The average molecular weight is 154 g/mol. The second-order valence-corrected chi connectivity index (χ2v) is 3.35. The van der Waals surface area contributed by atoms with Crippen molar-refractivity contribution < 1.29 is 4.74 Å². The van der Waals surface area contributed by atoms with Gasteiger partial charge in [-0.05, 0) is 32.3 Å². The molecule has 0 bridgehead atoms. The topological polar surface area (TPSA) is 9.23 Å². The molecule has 0 N–H and O–H groups in total. The summed E-state index contributed by atoms with van der Waals surface area (Å²) < 4.78 is 5.68. The van der Waals surface area contributed by atoms with Crippen LogP contribution in [0.5, 0.6) is 0 Å². The fourth-order valence-corrected chi connectivity index (χ4v) is 1.57. The molecule has 1 heteroatoms. The number of rotatable bonds is 2. The van der Waals surface area contributed by atoms with E-state index in [-0.39, 0.29) is 0 Å². The Hall–Kier alpha value is -0.300. The summed E-state index contributed by atoms with van der Waals surface area (Å²) in [5.74, 6) is 0. The van der Waals surface area contributed by atoms with Crippen LogP contribution in [0.2, 0.25) is 0 Å². The predicted molar refractivity (Wildman–Crippen MR) is 47.6 cm³/mol. The summed E-state index contributed by atoms with van der Waals surface area (Å²) in [6.45, 7) is 6.50. The number of ether oxygens (including phenoxy) is 1. The van der Waals surface area contributed by atoms with Gasteiger partial charge in [0, 0.05) is 0 Å². The lowest BCUT2D eigenvalue weighted by Gasteiger charge is -2.26. The second-order valence-electron chi connectivity index (χ2n) is 3.35. The lowest BCUT2D eigenvalue weighted by atomic mass is 10.0. The highest BCUT2D eigenvalue weighted by atomic mass is 16.5. The van der Waals surface area contributed by atoms with Crippen LogP contribution < -0.4 is 0 Å². The molecule has 0 saturated carbocycles. The van der Waals surface area contributed by atoms with E-state index in [0.29, 0.717) is 12.2 Å². The lowest BCUT2D eigenvalue weighted by Crippen LogP contribution is -2.23. The minimum atomic E-state index is 0.360. The van der Waals surface area contributed by atoms with Gasteiger partial charge in [0.2, 0.25) is 0 Å². The first-order valence-corrected chi connectivity index (χ1v) is 4.58. The molecule has 2 atom stereocenters. The Morgan fingerprint density at radius 1 is 1.55 bits per heavy atom. The molecule has 1 heterocycles. The van der Waals surface area contributed by atoms with E-state index in [1.54, 1.807) is 0 Å². The van der Waals surface area contributed by atoms with Crippen molar-refractivity contribution in [3.8, 4) is 0 Å². The van der Waals surface area contributed by atoms with Crippen molar-refractivity contribution in [2.45, 2.75) is 52.2 Å². The van der Waals surface area contributed by atoms with Crippen LogP contribution in [-0.2, 0) is 4.74 Å². The van der Waals surface area contributed by atoms with Gasteiger partial charge >= 0.3 is 0 Å². The van der Waals surface area contributed by atoms with E-state index in [0.717, 1.165) is 6.42 Å². The Morgan fingerprint density at radius 3 is 2.82 bits per heavy atom. The van der Waals surface area contributed by atoms with Gasteiger partial charge in [0.25, 0.3) is 0 Å². The molecular weight excluding hydrogens is 136 g/mol. The quantitative estimate of drug-likeness (QED) is 0.556. The SMILES string of the molecule is CCCC1=CCC(C)OC1C. The summed E-state index contributed by atoms with van der Waals surface area (Å²) in [6, 6.07) is 0. The summed E-state index contributed by atoms with van der Waals surface area (Å²) in [6.07, 6.45) is 6.66. The van der Waals surface area contributed by atoms with Crippen molar-refractivity contribution >= 4 is 0 Å². The van der Waals surface area contributed by atoms with Gasteiger partial charge in [0.1, 0.15) is 0 Å². The molecule has 0 fully saturated rings. The first kappa shape index (κ1) is 8.79. The fraction of sp³-hybridized carbons (Fsp3) is 0.800. The Kier molecular flexibility index (Phi) is 3.13. The zero-order chi connectivity index (χ0) is 8.27. The largest absolute Gasteiger partial charge is 0.371 e. The molecule has 0 aliphatic carbocycles. The van der Waals surface area contributed by atoms with Crippen molar-refractivity contribution in [2.75, 3.05) is 0 Å². The third-order valence-corrected chi connectivity index (χ3v) is 2.21. The van der Waals surface area contributed by atoms with Crippen LogP contribution in [0.3, 0.4) is 0 Å². The molecule has 0 aromatic rings. The third kappa shape index (κ3) is 2.33. The van der Waals surface area contributed by atoms with Crippen LogP contribution in [0.15, 0.2) is 11.6 Å². The van der Waals surface area contributed by atoms with Crippen molar-refractivity contribution in [1.29, 1.82) is 0 Å².